The highest BCUT2D eigenvalue weighted by Gasteiger charge is 2.18. The Morgan fingerprint density at radius 1 is 0.360 bits per heavy atom. The molecule has 75 heavy (non-hydrogen) atoms. The van der Waals surface area contributed by atoms with Crippen molar-refractivity contribution in [2.75, 3.05) is 13.2 Å². The molecule has 0 aromatic heterocycles. The summed E-state index contributed by atoms with van der Waals surface area (Å²) >= 11 is 0. The Bertz CT molecular complexity index is 1170. The Labute approximate surface area is 469 Å². The molecule has 0 rings (SSSR count). The number of ether oxygens (including phenoxy) is 1. The summed E-state index contributed by atoms with van der Waals surface area (Å²) < 4.78 is 5.50. The number of aliphatic hydroxyl groups excluding tert-OH is 2. The summed E-state index contributed by atoms with van der Waals surface area (Å²) in [6, 6.07) is -0.627. The Balaban J connectivity index is 3.38. The number of unbranched alkanes of at least 4 members (excludes halogenated alkanes) is 51. The van der Waals surface area contributed by atoms with E-state index >= 15 is 0 Å². The van der Waals surface area contributed by atoms with Crippen molar-refractivity contribution in [2.24, 2.45) is 0 Å². The quantitative estimate of drug-likeness (QED) is 0.0320. The lowest BCUT2D eigenvalue weighted by Gasteiger charge is -2.20. The largest absolute Gasteiger partial charge is 0.466 e. The zero-order valence-electron chi connectivity index (χ0n) is 50.8. The Hall–Kier alpha value is -1.66. The van der Waals surface area contributed by atoms with E-state index in [1.54, 1.807) is 6.08 Å². The second-order valence-corrected chi connectivity index (χ2v) is 23.5. The van der Waals surface area contributed by atoms with Crippen molar-refractivity contribution in [3.8, 4) is 0 Å². The number of amides is 1. The number of hydrogen-bond donors (Lipinski definition) is 3. The zero-order valence-corrected chi connectivity index (χ0v) is 50.8. The summed E-state index contributed by atoms with van der Waals surface area (Å²) in [4.78, 5) is 24.6. The van der Waals surface area contributed by atoms with Crippen molar-refractivity contribution in [3.05, 3.63) is 24.3 Å². The van der Waals surface area contributed by atoms with E-state index in [0.29, 0.717) is 19.4 Å². The average Bonchev–Trinajstić information content (AvgIpc) is 3.41. The number of hydrogen-bond acceptors (Lipinski definition) is 5. The Kier molecular flexibility index (Phi) is 63.4. The number of esters is 1. The molecule has 0 aliphatic carbocycles. The minimum Gasteiger partial charge on any atom is -0.466 e. The van der Waals surface area contributed by atoms with E-state index in [9.17, 15) is 19.8 Å². The molecule has 0 radical (unpaired) electrons. The first kappa shape index (κ1) is 73.3. The molecule has 0 fully saturated rings. The van der Waals surface area contributed by atoms with Gasteiger partial charge in [0.2, 0.25) is 5.91 Å². The van der Waals surface area contributed by atoms with Crippen LogP contribution in [0.2, 0.25) is 0 Å². The predicted molar refractivity (Wildman–Crippen MR) is 329 cm³/mol. The number of allylic oxidation sites excluding steroid dienone is 3. The number of carbonyl (C=O) groups excluding carboxylic acids is 2. The third-order valence-corrected chi connectivity index (χ3v) is 16.0. The van der Waals surface area contributed by atoms with Gasteiger partial charge in [-0.2, -0.15) is 0 Å². The monoisotopic (exact) mass is 1060 g/mol. The lowest BCUT2D eigenvalue weighted by Crippen LogP contribution is -2.45. The highest BCUT2D eigenvalue weighted by atomic mass is 16.5. The molecular weight excluding hydrogens is 923 g/mol. The molecule has 3 N–H and O–H groups in total. The molecule has 0 aliphatic rings. The van der Waals surface area contributed by atoms with Crippen LogP contribution in [0.4, 0.5) is 0 Å². The molecule has 0 aromatic carbocycles. The summed E-state index contributed by atoms with van der Waals surface area (Å²) in [5.74, 6) is -0.0516. The van der Waals surface area contributed by atoms with Gasteiger partial charge in [0, 0.05) is 12.8 Å². The minimum atomic E-state index is -0.844. The van der Waals surface area contributed by atoms with Gasteiger partial charge >= 0.3 is 5.97 Å². The maximum Gasteiger partial charge on any atom is 0.305 e. The molecule has 0 saturated carbocycles. The van der Waals surface area contributed by atoms with Gasteiger partial charge in [-0.25, -0.2) is 0 Å². The summed E-state index contributed by atoms with van der Waals surface area (Å²) in [7, 11) is 0. The van der Waals surface area contributed by atoms with E-state index < -0.39 is 12.1 Å². The van der Waals surface area contributed by atoms with Crippen LogP contribution in [0.3, 0.4) is 0 Å². The second kappa shape index (κ2) is 64.9. The van der Waals surface area contributed by atoms with Gasteiger partial charge in [0.05, 0.1) is 25.4 Å². The molecule has 444 valence electrons. The van der Waals surface area contributed by atoms with E-state index in [2.05, 4.69) is 31.3 Å². The van der Waals surface area contributed by atoms with E-state index in [1.807, 2.05) is 6.08 Å². The third-order valence-electron chi connectivity index (χ3n) is 16.0. The van der Waals surface area contributed by atoms with Crippen LogP contribution in [0.1, 0.15) is 380 Å². The van der Waals surface area contributed by atoms with Gasteiger partial charge in [-0.15, -0.1) is 0 Å². The SMILES string of the molecule is CCCCCCCC/C=C\CCCCCCCCCC(=O)OCCCCCCCCCCCCCCCCCCCCCCCCCCC(=O)NC(CO)C(O)/C=C/CCCCCCCCCCCCCCCCC. The van der Waals surface area contributed by atoms with E-state index in [1.165, 1.54) is 308 Å². The highest BCUT2D eigenvalue weighted by molar-refractivity contribution is 5.76. The molecule has 6 heteroatoms. The van der Waals surface area contributed by atoms with Gasteiger partial charge in [0.25, 0.3) is 0 Å². The van der Waals surface area contributed by atoms with Crippen LogP contribution in [0.15, 0.2) is 24.3 Å². The normalized spacial score (nSPS) is 12.6. The molecule has 0 aromatic rings. The van der Waals surface area contributed by atoms with Gasteiger partial charge in [0.15, 0.2) is 0 Å². The molecular formula is C69H133NO5. The van der Waals surface area contributed by atoms with E-state index in [0.717, 1.165) is 44.9 Å². The summed E-state index contributed by atoms with van der Waals surface area (Å²) in [5, 5.41) is 23.2. The molecule has 0 aliphatic heterocycles. The first-order chi connectivity index (χ1) is 37.0. The molecule has 1 amide bonds. The smallest absolute Gasteiger partial charge is 0.305 e. The fraction of sp³-hybridized carbons (Fsp3) is 0.913. The maximum absolute atomic E-state index is 12.5. The standard InChI is InChI=1S/C69H133NO5/c1-3-5-7-9-11-13-15-17-19-29-33-37-41-45-49-53-57-61-67(72)66(65-71)70-68(73)62-58-54-50-46-42-38-34-31-27-25-23-21-22-24-26-28-32-36-40-44-48-52-56-60-64-75-69(74)63-59-55-51-47-43-39-35-30-20-18-16-14-12-10-8-6-4-2/h18,20,57,61,66-67,71-72H,3-17,19,21-56,58-60,62-65H2,1-2H3,(H,70,73)/b20-18-,61-57+. The summed E-state index contributed by atoms with van der Waals surface area (Å²) in [6.45, 7) is 4.93. The molecule has 6 nitrogen and oxygen atoms in total. The van der Waals surface area contributed by atoms with Crippen molar-refractivity contribution in [1.29, 1.82) is 0 Å². The van der Waals surface area contributed by atoms with Gasteiger partial charge in [-0.3, -0.25) is 9.59 Å². The van der Waals surface area contributed by atoms with Crippen LogP contribution in [0.25, 0.3) is 0 Å². The van der Waals surface area contributed by atoms with Crippen LogP contribution < -0.4 is 5.32 Å². The number of nitrogens with one attached hydrogen (secondary N) is 1. The number of carbonyl (C=O) groups is 2. The summed E-state index contributed by atoms with van der Waals surface area (Å²) in [6.07, 6.45) is 81.0. The van der Waals surface area contributed by atoms with Gasteiger partial charge < -0.3 is 20.3 Å². The molecule has 0 heterocycles. The average molecular weight is 1060 g/mol. The van der Waals surface area contributed by atoms with E-state index in [4.69, 9.17) is 4.74 Å². The van der Waals surface area contributed by atoms with Crippen molar-refractivity contribution >= 4 is 11.9 Å². The van der Waals surface area contributed by atoms with Gasteiger partial charge in [0.1, 0.15) is 0 Å². The molecule has 0 spiro atoms. The number of rotatable bonds is 64. The number of aliphatic hydroxyl groups is 2. The maximum atomic E-state index is 12.5. The van der Waals surface area contributed by atoms with Gasteiger partial charge in [-0.1, -0.05) is 334 Å². The molecule has 0 saturated heterocycles. The molecule has 2 unspecified atom stereocenters. The zero-order chi connectivity index (χ0) is 54.3. The molecule has 2 atom stereocenters. The van der Waals surface area contributed by atoms with Gasteiger partial charge in [-0.05, 0) is 57.8 Å². The minimum absolute atomic E-state index is 0.0123. The lowest BCUT2D eigenvalue weighted by molar-refractivity contribution is -0.143. The highest BCUT2D eigenvalue weighted by Crippen LogP contribution is 2.18. The summed E-state index contributed by atoms with van der Waals surface area (Å²) in [5.41, 5.74) is 0. The third kappa shape index (κ3) is 61.4. The Morgan fingerprint density at radius 2 is 0.627 bits per heavy atom. The van der Waals surface area contributed by atoms with Crippen LogP contribution in [0, 0.1) is 0 Å². The van der Waals surface area contributed by atoms with Crippen molar-refractivity contribution < 1.29 is 24.5 Å². The Morgan fingerprint density at radius 3 is 0.947 bits per heavy atom. The fourth-order valence-electron chi connectivity index (χ4n) is 10.7. The van der Waals surface area contributed by atoms with Crippen molar-refractivity contribution in [1.82, 2.24) is 5.32 Å². The lowest BCUT2D eigenvalue weighted by atomic mass is 10.0. The van der Waals surface area contributed by atoms with Crippen molar-refractivity contribution in [3.63, 3.8) is 0 Å². The van der Waals surface area contributed by atoms with Crippen LogP contribution in [-0.4, -0.2) is 47.4 Å². The van der Waals surface area contributed by atoms with E-state index in [-0.39, 0.29) is 18.5 Å². The topological polar surface area (TPSA) is 95.9 Å². The van der Waals surface area contributed by atoms with Crippen LogP contribution in [0.5, 0.6) is 0 Å². The molecule has 0 bridgehead atoms. The first-order valence-corrected chi connectivity index (χ1v) is 34.1. The first-order valence-electron chi connectivity index (χ1n) is 34.1. The van der Waals surface area contributed by atoms with Crippen LogP contribution >= 0.6 is 0 Å². The van der Waals surface area contributed by atoms with Crippen molar-refractivity contribution in [2.45, 2.75) is 392 Å². The van der Waals surface area contributed by atoms with Crippen LogP contribution in [-0.2, 0) is 14.3 Å². The fourth-order valence-corrected chi connectivity index (χ4v) is 10.7. The predicted octanol–water partition coefficient (Wildman–Crippen LogP) is 21.8. The second-order valence-electron chi connectivity index (χ2n) is 23.5.